The highest BCUT2D eigenvalue weighted by Crippen LogP contribution is 1.90. The normalized spacial score (nSPS) is 10.2. The van der Waals surface area contributed by atoms with Crippen LogP contribution in [0.2, 0.25) is 0 Å². The molecule has 0 saturated heterocycles. The SMILES string of the molecule is COCCONCc1cncnc1. The van der Waals surface area contributed by atoms with E-state index in [4.69, 9.17) is 9.57 Å². The number of methoxy groups -OCH3 is 1. The zero-order valence-electron chi connectivity index (χ0n) is 7.56. The van der Waals surface area contributed by atoms with Gasteiger partial charge >= 0.3 is 0 Å². The predicted octanol–water partition coefficient (Wildman–Crippen LogP) is 0.144. The van der Waals surface area contributed by atoms with Crippen molar-refractivity contribution in [3.8, 4) is 0 Å². The van der Waals surface area contributed by atoms with Crippen molar-refractivity contribution in [2.24, 2.45) is 0 Å². The van der Waals surface area contributed by atoms with Crippen LogP contribution in [0.1, 0.15) is 5.56 Å². The van der Waals surface area contributed by atoms with Gasteiger partial charge in [0.25, 0.3) is 0 Å². The minimum atomic E-state index is 0.532. The molecule has 0 saturated carbocycles. The molecule has 0 radical (unpaired) electrons. The maximum Gasteiger partial charge on any atom is 0.115 e. The molecular formula is C8H13N3O2. The quantitative estimate of drug-likeness (QED) is 0.502. The van der Waals surface area contributed by atoms with Gasteiger partial charge in [0.2, 0.25) is 0 Å². The van der Waals surface area contributed by atoms with Crippen LogP contribution in [0.3, 0.4) is 0 Å². The van der Waals surface area contributed by atoms with Crippen molar-refractivity contribution >= 4 is 0 Å². The van der Waals surface area contributed by atoms with Crippen molar-refractivity contribution in [1.82, 2.24) is 15.4 Å². The standard InChI is InChI=1S/C8H13N3O2/c1-12-2-3-13-11-6-8-4-9-7-10-5-8/h4-5,7,11H,2-3,6H2,1H3. The Morgan fingerprint density at radius 1 is 1.31 bits per heavy atom. The summed E-state index contributed by atoms with van der Waals surface area (Å²) >= 11 is 0. The Kier molecular flexibility index (Phi) is 5.00. The van der Waals surface area contributed by atoms with E-state index in [-0.39, 0.29) is 0 Å². The largest absolute Gasteiger partial charge is 0.382 e. The van der Waals surface area contributed by atoms with Crippen molar-refractivity contribution in [3.63, 3.8) is 0 Å². The third-order valence-electron chi connectivity index (χ3n) is 1.38. The molecule has 0 amide bonds. The summed E-state index contributed by atoms with van der Waals surface area (Å²) in [6.07, 6.45) is 4.97. The average Bonchev–Trinajstić information content (AvgIpc) is 2.19. The molecule has 5 nitrogen and oxygen atoms in total. The molecule has 0 aliphatic carbocycles. The molecule has 13 heavy (non-hydrogen) atoms. The summed E-state index contributed by atoms with van der Waals surface area (Å²) in [5.74, 6) is 0. The fourth-order valence-electron chi connectivity index (χ4n) is 0.753. The first-order chi connectivity index (χ1) is 6.43. The van der Waals surface area contributed by atoms with Crippen LogP contribution in [-0.4, -0.2) is 30.3 Å². The van der Waals surface area contributed by atoms with Crippen LogP contribution >= 0.6 is 0 Å². The van der Waals surface area contributed by atoms with E-state index in [1.54, 1.807) is 19.5 Å². The molecule has 0 spiro atoms. The zero-order chi connectivity index (χ0) is 9.36. The summed E-state index contributed by atoms with van der Waals surface area (Å²) in [6, 6.07) is 0. The van der Waals surface area contributed by atoms with E-state index in [0.717, 1.165) is 5.56 Å². The zero-order valence-corrected chi connectivity index (χ0v) is 7.56. The summed E-state index contributed by atoms with van der Waals surface area (Å²) < 4.78 is 4.80. The smallest absolute Gasteiger partial charge is 0.115 e. The molecule has 0 bridgehead atoms. The summed E-state index contributed by atoms with van der Waals surface area (Å²) in [5.41, 5.74) is 3.76. The third-order valence-corrected chi connectivity index (χ3v) is 1.38. The lowest BCUT2D eigenvalue weighted by atomic mass is 10.3. The Labute approximate surface area is 77.1 Å². The first-order valence-electron chi connectivity index (χ1n) is 4.01. The van der Waals surface area contributed by atoms with E-state index in [0.29, 0.717) is 19.8 Å². The number of ether oxygens (including phenoxy) is 1. The highest BCUT2D eigenvalue weighted by atomic mass is 16.7. The van der Waals surface area contributed by atoms with Crippen LogP contribution in [0, 0.1) is 0 Å². The van der Waals surface area contributed by atoms with Crippen molar-refractivity contribution in [3.05, 3.63) is 24.3 Å². The predicted molar refractivity (Wildman–Crippen MR) is 46.7 cm³/mol. The molecule has 72 valence electrons. The second-order valence-corrected chi connectivity index (χ2v) is 2.41. The van der Waals surface area contributed by atoms with Gasteiger partial charge < -0.3 is 4.74 Å². The van der Waals surface area contributed by atoms with Gasteiger partial charge in [0.1, 0.15) is 6.33 Å². The van der Waals surface area contributed by atoms with Gasteiger partial charge in [-0.3, -0.25) is 4.84 Å². The molecule has 1 aromatic heterocycles. The van der Waals surface area contributed by atoms with E-state index < -0.39 is 0 Å². The van der Waals surface area contributed by atoms with Gasteiger partial charge in [-0.2, -0.15) is 5.48 Å². The molecule has 0 fully saturated rings. The first kappa shape index (κ1) is 10.0. The number of nitrogens with zero attached hydrogens (tertiary/aromatic N) is 2. The Hall–Kier alpha value is -1.04. The van der Waals surface area contributed by atoms with Gasteiger partial charge in [0.05, 0.1) is 13.2 Å². The minimum Gasteiger partial charge on any atom is -0.382 e. The topological polar surface area (TPSA) is 56.3 Å². The van der Waals surface area contributed by atoms with E-state index in [1.807, 2.05) is 0 Å². The highest BCUT2D eigenvalue weighted by Gasteiger charge is 1.91. The van der Waals surface area contributed by atoms with Crippen molar-refractivity contribution in [1.29, 1.82) is 0 Å². The minimum absolute atomic E-state index is 0.532. The van der Waals surface area contributed by atoms with Gasteiger partial charge in [-0.05, 0) is 0 Å². The molecule has 5 heteroatoms. The number of hydrogen-bond donors (Lipinski definition) is 1. The molecule has 0 aromatic carbocycles. The molecule has 0 unspecified atom stereocenters. The number of hydroxylamine groups is 1. The highest BCUT2D eigenvalue weighted by molar-refractivity contribution is 5.00. The first-order valence-corrected chi connectivity index (χ1v) is 4.01. The molecule has 1 aromatic rings. The number of hydrogen-bond acceptors (Lipinski definition) is 5. The summed E-state index contributed by atoms with van der Waals surface area (Å²) in [7, 11) is 1.63. The fourth-order valence-corrected chi connectivity index (χ4v) is 0.753. The fraction of sp³-hybridized carbons (Fsp3) is 0.500. The molecular weight excluding hydrogens is 170 g/mol. The Balaban J connectivity index is 2.07. The van der Waals surface area contributed by atoms with E-state index in [2.05, 4.69) is 15.4 Å². The van der Waals surface area contributed by atoms with Crippen LogP contribution in [0.25, 0.3) is 0 Å². The average molecular weight is 183 g/mol. The number of rotatable bonds is 6. The van der Waals surface area contributed by atoms with Crippen molar-refractivity contribution in [2.75, 3.05) is 20.3 Å². The molecule has 1 N–H and O–H groups in total. The second kappa shape index (κ2) is 6.47. The lowest BCUT2D eigenvalue weighted by Gasteiger charge is -2.03. The Bertz CT molecular complexity index is 218. The van der Waals surface area contributed by atoms with Gasteiger partial charge in [-0.15, -0.1) is 0 Å². The van der Waals surface area contributed by atoms with Gasteiger partial charge in [0.15, 0.2) is 0 Å². The van der Waals surface area contributed by atoms with Crippen molar-refractivity contribution < 1.29 is 9.57 Å². The van der Waals surface area contributed by atoms with Crippen LogP contribution in [0.5, 0.6) is 0 Å². The van der Waals surface area contributed by atoms with Crippen LogP contribution in [0.15, 0.2) is 18.7 Å². The van der Waals surface area contributed by atoms with E-state index in [1.165, 1.54) is 6.33 Å². The van der Waals surface area contributed by atoms with Gasteiger partial charge in [-0.1, -0.05) is 0 Å². The summed E-state index contributed by atoms with van der Waals surface area (Å²) in [5, 5.41) is 0. The van der Waals surface area contributed by atoms with E-state index >= 15 is 0 Å². The maximum atomic E-state index is 5.05. The summed E-state index contributed by atoms with van der Waals surface area (Å²) in [6.45, 7) is 1.72. The van der Waals surface area contributed by atoms with E-state index in [9.17, 15) is 0 Å². The molecule has 0 atom stereocenters. The molecule has 1 heterocycles. The molecule has 1 rings (SSSR count). The maximum absolute atomic E-state index is 5.05. The molecule has 0 aliphatic heterocycles. The Morgan fingerprint density at radius 3 is 2.77 bits per heavy atom. The second-order valence-electron chi connectivity index (χ2n) is 2.41. The lowest BCUT2D eigenvalue weighted by molar-refractivity contribution is 0.00339. The van der Waals surface area contributed by atoms with Crippen molar-refractivity contribution in [2.45, 2.75) is 6.54 Å². The van der Waals surface area contributed by atoms with Gasteiger partial charge in [0, 0.05) is 31.6 Å². The van der Waals surface area contributed by atoms with Crippen LogP contribution in [0.4, 0.5) is 0 Å². The molecule has 0 aliphatic rings. The van der Waals surface area contributed by atoms with Crippen LogP contribution < -0.4 is 5.48 Å². The lowest BCUT2D eigenvalue weighted by Crippen LogP contribution is -2.17. The number of nitrogens with one attached hydrogen (secondary N) is 1. The third kappa shape index (κ3) is 4.51. The van der Waals surface area contributed by atoms with Gasteiger partial charge in [-0.25, -0.2) is 9.97 Å². The number of aromatic nitrogens is 2. The van der Waals surface area contributed by atoms with Crippen LogP contribution in [-0.2, 0) is 16.1 Å². The Morgan fingerprint density at radius 2 is 2.08 bits per heavy atom. The monoisotopic (exact) mass is 183 g/mol. The summed E-state index contributed by atoms with van der Waals surface area (Å²) in [4.78, 5) is 12.8.